The highest BCUT2D eigenvalue weighted by Gasteiger charge is 2.16. The van der Waals surface area contributed by atoms with Crippen molar-refractivity contribution in [3.05, 3.63) is 41.7 Å². The van der Waals surface area contributed by atoms with E-state index in [-0.39, 0.29) is 5.91 Å². The van der Waals surface area contributed by atoms with Crippen molar-refractivity contribution < 1.29 is 14.3 Å². The lowest BCUT2D eigenvalue weighted by atomic mass is 10.1. The van der Waals surface area contributed by atoms with E-state index in [4.69, 9.17) is 9.47 Å². The fraction of sp³-hybridized carbons (Fsp3) is 0.450. The van der Waals surface area contributed by atoms with Gasteiger partial charge in [0.25, 0.3) is 5.91 Å². The van der Waals surface area contributed by atoms with Gasteiger partial charge < -0.3 is 20.1 Å². The van der Waals surface area contributed by atoms with Crippen molar-refractivity contribution in [2.45, 2.75) is 38.1 Å². The summed E-state index contributed by atoms with van der Waals surface area (Å²) in [6, 6.07) is 6.18. The van der Waals surface area contributed by atoms with Crippen LogP contribution in [0.5, 0.6) is 11.5 Å². The summed E-state index contributed by atoms with van der Waals surface area (Å²) in [4.78, 5) is 20.8. The molecule has 0 aliphatic heterocycles. The molecule has 1 amide bonds. The second-order valence-corrected chi connectivity index (χ2v) is 6.62. The smallest absolute Gasteiger partial charge is 0.254 e. The molecule has 0 saturated heterocycles. The van der Waals surface area contributed by atoms with Crippen molar-refractivity contribution >= 4 is 11.9 Å². The van der Waals surface area contributed by atoms with Crippen LogP contribution in [0.1, 0.15) is 41.6 Å². The van der Waals surface area contributed by atoms with E-state index in [1.54, 1.807) is 26.6 Å². The lowest BCUT2D eigenvalue weighted by molar-refractivity contribution is 0.0953. The van der Waals surface area contributed by atoms with Crippen molar-refractivity contribution in [2.24, 2.45) is 0 Å². The van der Waals surface area contributed by atoms with Gasteiger partial charge in [0, 0.05) is 25.0 Å². The maximum Gasteiger partial charge on any atom is 0.254 e. The molecule has 0 bridgehead atoms. The summed E-state index contributed by atoms with van der Waals surface area (Å²) < 4.78 is 10.5. The van der Waals surface area contributed by atoms with Gasteiger partial charge in [0.2, 0.25) is 5.95 Å². The summed E-state index contributed by atoms with van der Waals surface area (Å²) in [6.45, 7) is 0.510. The van der Waals surface area contributed by atoms with E-state index in [1.165, 1.54) is 12.8 Å². The molecular weight excluding hydrogens is 344 g/mol. The zero-order valence-electron chi connectivity index (χ0n) is 15.8. The molecule has 0 spiro atoms. The topological polar surface area (TPSA) is 85.4 Å². The van der Waals surface area contributed by atoms with Crippen LogP contribution in [0.3, 0.4) is 0 Å². The second kappa shape index (κ2) is 9.21. The molecule has 2 aromatic rings. The molecule has 1 aliphatic rings. The normalized spacial score (nSPS) is 14.0. The first-order valence-corrected chi connectivity index (χ1v) is 9.27. The number of amides is 1. The lowest BCUT2D eigenvalue weighted by Crippen LogP contribution is -2.26. The van der Waals surface area contributed by atoms with Gasteiger partial charge in [-0.2, -0.15) is 0 Å². The van der Waals surface area contributed by atoms with Crippen LogP contribution in [0.25, 0.3) is 0 Å². The number of hydrogen-bond donors (Lipinski definition) is 2. The van der Waals surface area contributed by atoms with E-state index in [1.807, 2.05) is 18.2 Å². The van der Waals surface area contributed by atoms with Gasteiger partial charge in [0.15, 0.2) is 11.5 Å². The van der Waals surface area contributed by atoms with Gasteiger partial charge >= 0.3 is 0 Å². The predicted octanol–water partition coefficient (Wildman–Crippen LogP) is 2.82. The van der Waals surface area contributed by atoms with Gasteiger partial charge in [-0.25, -0.2) is 9.97 Å². The summed E-state index contributed by atoms with van der Waals surface area (Å²) in [6.07, 6.45) is 8.63. The highest BCUT2D eigenvalue weighted by atomic mass is 16.5. The van der Waals surface area contributed by atoms with Crippen LogP contribution in [0.15, 0.2) is 30.6 Å². The highest BCUT2D eigenvalue weighted by molar-refractivity contribution is 5.93. The van der Waals surface area contributed by atoms with Crippen LogP contribution in [0, 0.1) is 0 Å². The molecule has 0 atom stereocenters. The van der Waals surface area contributed by atoms with E-state index in [9.17, 15) is 4.79 Å². The number of rotatable bonds is 8. The van der Waals surface area contributed by atoms with Crippen molar-refractivity contribution in [2.75, 3.05) is 26.1 Å². The van der Waals surface area contributed by atoms with Crippen LogP contribution >= 0.6 is 0 Å². The molecule has 7 heteroatoms. The molecule has 2 N–H and O–H groups in total. The van der Waals surface area contributed by atoms with Crippen LogP contribution in [0.2, 0.25) is 0 Å². The van der Waals surface area contributed by atoms with Crippen LogP contribution in [-0.2, 0) is 6.42 Å². The molecular formula is C20H26N4O3. The largest absolute Gasteiger partial charge is 0.493 e. The molecule has 1 aromatic heterocycles. The van der Waals surface area contributed by atoms with Crippen molar-refractivity contribution in [1.29, 1.82) is 0 Å². The lowest BCUT2D eigenvalue weighted by Gasteiger charge is -2.12. The quantitative estimate of drug-likeness (QED) is 0.743. The van der Waals surface area contributed by atoms with E-state index >= 15 is 0 Å². The monoisotopic (exact) mass is 370 g/mol. The zero-order chi connectivity index (χ0) is 19.1. The third kappa shape index (κ3) is 5.09. The first kappa shape index (κ1) is 18.9. The summed E-state index contributed by atoms with van der Waals surface area (Å²) in [5.41, 5.74) is 1.51. The molecule has 3 rings (SSSR count). The Bertz CT molecular complexity index is 758. The molecule has 1 heterocycles. The summed E-state index contributed by atoms with van der Waals surface area (Å²) in [5, 5.41) is 6.21. The number of carbonyl (C=O) groups is 1. The van der Waals surface area contributed by atoms with Gasteiger partial charge in [-0.05, 0) is 37.0 Å². The van der Waals surface area contributed by atoms with E-state index in [2.05, 4.69) is 20.6 Å². The summed E-state index contributed by atoms with van der Waals surface area (Å²) in [7, 11) is 3.21. The molecule has 1 aromatic carbocycles. The van der Waals surface area contributed by atoms with Gasteiger partial charge in [-0.15, -0.1) is 0 Å². The Morgan fingerprint density at radius 1 is 1.11 bits per heavy atom. The number of ether oxygens (including phenoxy) is 2. The Hall–Kier alpha value is -2.83. The predicted molar refractivity (Wildman–Crippen MR) is 103 cm³/mol. The number of aromatic nitrogens is 2. The number of anilines is 1. The Morgan fingerprint density at radius 3 is 2.48 bits per heavy atom. The number of methoxy groups -OCH3 is 2. The van der Waals surface area contributed by atoms with Crippen LogP contribution < -0.4 is 20.1 Å². The minimum atomic E-state index is -0.178. The Kier molecular flexibility index (Phi) is 6.46. The second-order valence-electron chi connectivity index (χ2n) is 6.62. The number of hydrogen-bond acceptors (Lipinski definition) is 6. The Morgan fingerprint density at radius 2 is 1.81 bits per heavy atom. The Labute approximate surface area is 159 Å². The van der Waals surface area contributed by atoms with E-state index in [0.29, 0.717) is 42.0 Å². The molecule has 1 fully saturated rings. The molecule has 0 unspecified atom stereocenters. The molecule has 0 radical (unpaired) electrons. The maximum atomic E-state index is 12.3. The average molecular weight is 370 g/mol. The SMILES string of the molecule is COc1ccc(CCNC(=O)c2cnc(NC3CCCC3)nc2)cc1OC. The first-order chi connectivity index (χ1) is 13.2. The van der Waals surface area contributed by atoms with Crippen LogP contribution in [0.4, 0.5) is 5.95 Å². The van der Waals surface area contributed by atoms with E-state index in [0.717, 1.165) is 18.4 Å². The maximum absolute atomic E-state index is 12.3. The Balaban J connectivity index is 1.49. The number of benzene rings is 1. The minimum absolute atomic E-state index is 0.178. The zero-order valence-corrected chi connectivity index (χ0v) is 15.8. The standard InChI is InChI=1S/C20H26N4O3/c1-26-17-8-7-14(11-18(17)27-2)9-10-21-19(25)15-12-22-20(23-13-15)24-16-5-3-4-6-16/h7-8,11-13,16H,3-6,9-10H2,1-2H3,(H,21,25)(H,22,23,24). The number of nitrogens with zero attached hydrogens (tertiary/aromatic N) is 2. The van der Waals surface area contributed by atoms with Gasteiger partial charge in [0.05, 0.1) is 19.8 Å². The molecule has 7 nitrogen and oxygen atoms in total. The van der Waals surface area contributed by atoms with Crippen molar-refractivity contribution in [3.63, 3.8) is 0 Å². The van der Waals surface area contributed by atoms with Crippen molar-refractivity contribution in [1.82, 2.24) is 15.3 Å². The molecule has 1 aliphatic carbocycles. The van der Waals surface area contributed by atoms with Gasteiger partial charge in [-0.3, -0.25) is 4.79 Å². The summed E-state index contributed by atoms with van der Waals surface area (Å²) >= 11 is 0. The van der Waals surface area contributed by atoms with Gasteiger partial charge in [-0.1, -0.05) is 18.9 Å². The fourth-order valence-electron chi connectivity index (χ4n) is 3.23. The van der Waals surface area contributed by atoms with Gasteiger partial charge in [0.1, 0.15) is 0 Å². The first-order valence-electron chi connectivity index (χ1n) is 9.27. The fourth-order valence-corrected chi connectivity index (χ4v) is 3.23. The minimum Gasteiger partial charge on any atom is -0.493 e. The highest BCUT2D eigenvalue weighted by Crippen LogP contribution is 2.27. The van der Waals surface area contributed by atoms with Crippen LogP contribution in [-0.4, -0.2) is 42.7 Å². The third-order valence-corrected chi connectivity index (χ3v) is 4.75. The molecule has 27 heavy (non-hydrogen) atoms. The van der Waals surface area contributed by atoms with E-state index < -0.39 is 0 Å². The summed E-state index contributed by atoms with van der Waals surface area (Å²) in [5.74, 6) is 1.78. The molecule has 144 valence electrons. The third-order valence-electron chi connectivity index (χ3n) is 4.75. The number of carbonyl (C=O) groups excluding carboxylic acids is 1. The average Bonchev–Trinajstić information content (AvgIpc) is 3.21. The number of nitrogens with one attached hydrogen (secondary N) is 2. The van der Waals surface area contributed by atoms with Crippen molar-refractivity contribution in [3.8, 4) is 11.5 Å². The molecule has 1 saturated carbocycles.